The Morgan fingerprint density at radius 3 is 2.34 bits per heavy atom. The Hall–Kier alpha value is -3.59. The molecule has 0 spiro atoms. The second-order valence-corrected chi connectivity index (χ2v) is 8.29. The van der Waals surface area contributed by atoms with Crippen molar-refractivity contribution in [2.45, 2.75) is 6.92 Å². The number of amides is 2. The van der Waals surface area contributed by atoms with Gasteiger partial charge in [-0.3, -0.25) is 9.59 Å². The molecule has 3 aromatic rings. The summed E-state index contributed by atoms with van der Waals surface area (Å²) >= 11 is 17.9. The van der Waals surface area contributed by atoms with E-state index in [1.165, 1.54) is 49.7 Å². The molecule has 3 aromatic carbocycles. The zero-order valence-electron chi connectivity index (χ0n) is 18.4. The number of hydrogen-bond acceptors (Lipinski definition) is 6. The molecule has 0 saturated carbocycles. The van der Waals surface area contributed by atoms with Crippen molar-refractivity contribution >= 4 is 64.5 Å². The highest BCUT2D eigenvalue weighted by molar-refractivity contribution is 6.40. The fourth-order valence-electron chi connectivity index (χ4n) is 2.73. The molecule has 0 bridgehead atoms. The van der Waals surface area contributed by atoms with Gasteiger partial charge in [-0.15, -0.1) is 0 Å². The van der Waals surface area contributed by atoms with E-state index >= 15 is 0 Å². The first-order valence-corrected chi connectivity index (χ1v) is 11.1. The lowest BCUT2D eigenvalue weighted by Crippen LogP contribution is -2.32. The number of esters is 1. The van der Waals surface area contributed by atoms with E-state index in [1.54, 1.807) is 18.2 Å². The summed E-state index contributed by atoms with van der Waals surface area (Å²) in [6, 6.07) is 13.8. The molecular formula is C24H18Cl3N3O5. The molecule has 0 radical (unpaired) electrons. The van der Waals surface area contributed by atoms with E-state index in [4.69, 9.17) is 44.3 Å². The molecule has 2 N–H and O–H groups in total. The Morgan fingerprint density at radius 1 is 0.886 bits per heavy atom. The number of benzene rings is 3. The monoisotopic (exact) mass is 533 g/mol. The maximum absolute atomic E-state index is 12.5. The summed E-state index contributed by atoms with van der Waals surface area (Å²) in [4.78, 5) is 36.5. The quantitative estimate of drug-likeness (QED) is 0.147. The molecule has 0 saturated heterocycles. The Bertz CT molecular complexity index is 1330. The summed E-state index contributed by atoms with van der Waals surface area (Å²) in [5, 5.41) is 7.19. The molecule has 0 fully saturated rings. The molecule has 0 aliphatic carbocycles. The maximum atomic E-state index is 12.5. The van der Waals surface area contributed by atoms with Crippen molar-refractivity contribution in [3.05, 3.63) is 86.4 Å². The van der Waals surface area contributed by atoms with Gasteiger partial charge >= 0.3 is 17.8 Å². The van der Waals surface area contributed by atoms with Gasteiger partial charge in [-0.05, 0) is 66.6 Å². The molecule has 0 aliphatic rings. The van der Waals surface area contributed by atoms with Gasteiger partial charge in [0, 0.05) is 15.7 Å². The average Bonchev–Trinajstić information content (AvgIpc) is 2.82. The number of hydrogen-bond donors (Lipinski definition) is 2. The minimum Gasteiger partial charge on any atom is -0.493 e. The summed E-state index contributed by atoms with van der Waals surface area (Å²) < 4.78 is 10.6. The number of anilines is 1. The highest BCUT2D eigenvalue weighted by Crippen LogP contribution is 2.30. The number of carbonyl (C=O) groups is 3. The number of nitrogens with one attached hydrogen (secondary N) is 2. The van der Waals surface area contributed by atoms with Crippen LogP contribution in [0.5, 0.6) is 11.5 Å². The molecule has 0 aliphatic heterocycles. The van der Waals surface area contributed by atoms with Gasteiger partial charge in [-0.25, -0.2) is 10.2 Å². The summed E-state index contributed by atoms with van der Waals surface area (Å²) in [5.74, 6) is -2.22. The van der Waals surface area contributed by atoms with Crippen LogP contribution >= 0.6 is 34.8 Å². The summed E-state index contributed by atoms with van der Waals surface area (Å²) in [6.45, 7) is 1.82. The van der Waals surface area contributed by atoms with E-state index in [9.17, 15) is 14.4 Å². The fraction of sp³-hybridized carbons (Fsp3) is 0.0833. The molecule has 0 heterocycles. The van der Waals surface area contributed by atoms with E-state index in [0.29, 0.717) is 21.3 Å². The minimum absolute atomic E-state index is 0.137. The van der Waals surface area contributed by atoms with Gasteiger partial charge in [0.25, 0.3) is 0 Å². The molecule has 11 heteroatoms. The summed E-state index contributed by atoms with van der Waals surface area (Å²) in [7, 11) is 1.40. The van der Waals surface area contributed by atoms with Crippen LogP contribution in [-0.2, 0) is 9.59 Å². The zero-order valence-corrected chi connectivity index (χ0v) is 20.7. The second-order valence-electron chi connectivity index (χ2n) is 7.04. The third-order valence-corrected chi connectivity index (χ3v) is 5.51. The Morgan fingerprint density at radius 2 is 1.66 bits per heavy atom. The lowest BCUT2D eigenvalue weighted by Gasteiger charge is -2.10. The van der Waals surface area contributed by atoms with Crippen molar-refractivity contribution in [2.75, 3.05) is 12.4 Å². The predicted octanol–water partition coefficient (Wildman–Crippen LogP) is 5.27. The van der Waals surface area contributed by atoms with Crippen LogP contribution in [0.25, 0.3) is 0 Å². The molecule has 180 valence electrons. The van der Waals surface area contributed by atoms with Crippen molar-refractivity contribution in [2.24, 2.45) is 5.10 Å². The van der Waals surface area contributed by atoms with Crippen LogP contribution in [0.1, 0.15) is 21.5 Å². The van der Waals surface area contributed by atoms with Gasteiger partial charge in [0.2, 0.25) is 0 Å². The lowest BCUT2D eigenvalue weighted by atomic mass is 10.2. The van der Waals surface area contributed by atoms with Crippen molar-refractivity contribution in [1.29, 1.82) is 0 Å². The van der Waals surface area contributed by atoms with Crippen LogP contribution in [0.15, 0.2) is 59.7 Å². The number of ether oxygens (including phenoxy) is 2. The molecule has 2 amide bonds. The van der Waals surface area contributed by atoms with Crippen LogP contribution in [0.4, 0.5) is 5.69 Å². The van der Waals surface area contributed by atoms with E-state index < -0.39 is 17.8 Å². The van der Waals surface area contributed by atoms with Gasteiger partial charge in [0.05, 0.1) is 23.9 Å². The second kappa shape index (κ2) is 11.7. The van der Waals surface area contributed by atoms with E-state index in [1.807, 2.05) is 6.92 Å². The summed E-state index contributed by atoms with van der Waals surface area (Å²) in [6.07, 6.45) is 1.29. The van der Waals surface area contributed by atoms with Crippen LogP contribution in [0.2, 0.25) is 15.1 Å². The molecule has 3 rings (SSSR count). The van der Waals surface area contributed by atoms with Crippen molar-refractivity contribution in [3.8, 4) is 11.5 Å². The van der Waals surface area contributed by atoms with Crippen LogP contribution < -0.4 is 20.2 Å². The fourth-order valence-corrected chi connectivity index (χ4v) is 3.40. The number of hydrazone groups is 1. The molecule has 0 atom stereocenters. The van der Waals surface area contributed by atoms with Gasteiger partial charge < -0.3 is 14.8 Å². The highest BCUT2D eigenvalue weighted by Gasteiger charge is 2.16. The Kier molecular flexibility index (Phi) is 8.70. The SMILES string of the molecule is COc1cc(C=NNC(=O)C(=O)Nc2ccc(C)c(Cl)c2)ccc1OC(=O)c1ccc(Cl)cc1Cl. The third-order valence-electron chi connectivity index (χ3n) is 4.56. The molecule has 0 unspecified atom stereocenters. The Labute approximate surface area is 215 Å². The first-order chi connectivity index (χ1) is 16.7. The summed E-state index contributed by atoms with van der Waals surface area (Å²) in [5.41, 5.74) is 3.97. The maximum Gasteiger partial charge on any atom is 0.345 e. The number of aryl methyl sites for hydroxylation is 1. The van der Waals surface area contributed by atoms with Crippen molar-refractivity contribution in [3.63, 3.8) is 0 Å². The van der Waals surface area contributed by atoms with Gasteiger partial charge in [0.1, 0.15) is 0 Å². The van der Waals surface area contributed by atoms with E-state index in [2.05, 4.69) is 15.8 Å². The first-order valence-electron chi connectivity index (χ1n) is 9.93. The lowest BCUT2D eigenvalue weighted by molar-refractivity contribution is -0.136. The smallest absolute Gasteiger partial charge is 0.345 e. The average molecular weight is 535 g/mol. The van der Waals surface area contributed by atoms with Crippen LogP contribution in [0.3, 0.4) is 0 Å². The normalized spacial score (nSPS) is 10.7. The van der Waals surface area contributed by atoms with Crippen molar-refractivity contribution < 1.29 is 23.9 Å². The highest BCUT2D eigenvalue weighted by atomic mass is 35.5. The molecule has 8 nitrogen and oxygen atoms in total. The Balaban J connectivity index is 1.62. The number of rotatable bonds is 6. The predicted molar refractivity (Wildman–Crippen MR) is 135 cm³/mol. The molecule has 0 aromatic heterocycles. The minimum atomic E-state index is -0.977. The van der Waals surface area contributed by atoms with Crippen molar-refractivity contribution in [1.82, 2.24) is 5.43 Å². The van der Waals surface area contributed by atoms with Gasteiger partial charge in [0.15, 0.2) is 11.5 Å². The third kappa shape index (κ3) is 6.95. The number of halogens is 3. The van der Waals surface area contributed by atoms with Gasteiger partial charge in [-0.1, -0.05) is 40.9 Å². The molecular weight excluding hydrogens is 517 g/mol. The van der Waals surface area contributed by atoms with Crippen LogP contribution in [-0.4, -0.2) is 31.1 Å². The number of methoxy groups -OCH3 is 1. The number of nitrogens with zero attached hydrogens (tertiary/aromatic N) is 1. The van der Waals surface area contributed by atoms with E-state index in [-0.39, 0.29) is 22.1 Å². The largest absolute Gasteiger partial charge is 0.493 e. The topological polar surface area (TPSA) is 106 Å². The molecule has 35 heavy (non-hydrogen) atoms. The number of carbonyl (C=O) groups excluding carboxylic acids is 3. The van der Waals surface area contributed by atoms with Gasteiger partial charge in [-0.2, -0.15) is 5.10 Å². The first kappa shape index (κ1) is 26.0. The standard InChI is InChI=1S/C24H18Cl3N3O5/c1-13-3-6-16(11-18(13)26)29-22(31)23(32)30-28-12-14-4-8-20(21(9-14)34-2)35-24(33)17-7-5-15(25)10-19(17)27/h3-12H,1-2H3,(H,29,31)(H,30,32). The zero-order chi connectivity index (χ0) is 25.5. The van der Waals surface area contributed by atoms with Crippen LogP contribution in [0, 0.1) is 6.92 Å². The van der Waals surface area contributed by atoms with E-state index in [0.717, 1.165) is 5.56 Å².